The van der Waals surface area contributed by atoms with Crippen LogP contribution < -0.4 is 0 Å². The van der Waals surface area contributed by atoms with E-state index in [0.717, 1.165) is 12.0 Å². The Balaban J connectivity index is 2.00. The van der Waals surface area contributed by atoms with Gasteiger partial charge in [0.05, 0.1) is 27.9 Å². The van der Waals surface area contributed by atoms with Crippen LogP contribution in [0, 0.1) is 0 Å². The van der Waals surface area contributed by atoms with Crippen molar-refractivity contribution in [3.8, 4) is 0 Å². The highest BCUT2D eigenvalue weighted by Crippen LogP contribution is 2.34. The highest BCUT2D eigenvalue weighted by atomic mass is 35.5. The molecule has 0 unspecified atom stereocenters. The number of rotatable bonds is 7. The van der Waals surface area contributed by atoms with Gasteiger partial charge in [0.2, 0.25) is 10.0 Å². The fourth-order valence-corrected chi connectivity index (χ4v) is 5.10. The Morgan fingerprint density at radius 1 is 0.893 bits per heavy atom. The highest BCUT2D eigenvalue weighted by Gasteiger charge is 2.29. The molecule has 0 aliphatic carbocycles. The predicted octanol–water partition coefficient (Wildman–Crippen LogP) is 6.19. The van der Waals surface area contributed by atoms with E-state index in [2.05, 4.69) is 6.92 Å². The van der Waals surface area contributed by atoms with Gasteiger partial charge in [-0.05, 0) is 41.8 Å². The molecule has 3 aromatic rings. The monoisotopic (exact) mass is 457 g/mol. The summed E-state index contributed by atoms with van der Waals surface area (Å²) in [6.45, 7) is 2.28. The molecule has 2 aromatic carbocycles. The van der Waals surface area contributed by atoms with Crippen molar-refractivity contribution in [3.63, 3.8) is 0 Å². The zero-order chi connectivity index (χ0) is 20.3. The molecule has 0 atom stereocenters. The zero-order valence-corrected chi connectivity index (χ0v) is 18.1. The van der Waals surface area contributed by atoms with Crippen LogP contribution in [0.15, 0.2) is 64.1 Å². The van der Waals surface area contributed by atoms with Gasteiger partial charge in [0.25, 0.3) is 0 Å². The fourth-order valence-electron chi connectivity index (χ4n) is 2.73. The summed E-state index contributed by atoms with van der Waals surface area (Å²) in [7, 11) is -3.96. The van der Waals surface area contributed by atoms with Crippen LogP contribution in [0.1, 0.15) is 23.8 Å². The summed E-state index contributed by atoms with van der Waals surface area (Å²) >= 11 is 18.2. The highest BCUT2D eigenvalue weighted by molar-refractivity contribution is 7.89. The Bertz CT molecular complexity index is 1050. The van der Waals surface area contributed by atoms with Crippen molar-refractivity contribution in [3.05, 3.63) is 86.7 Å². The Kier molecular flexibility index (Phi) is 6.73. The first kappa shape index (κ1) is 21.2. The second-order valence-corrected chi connectivity index (χ2v) is 9.35. The zero-order valence-electron chi connectivity index (χ0n) is 15.0. The molecule has 0 fully saturated rings. The summed E-state index contributed by atoms with van der Waals surface area (Å²) in [6, 6.07) is 13.8. The van der Waals surface area contributed by atoms with Crippen molar-refractivity contribution in [1.82, 2.24) is 4.31 Å². The molecule has 3 rings (SSSR count). The molecule has 148 valence electrons. The average molecular weight is 459 g/mol. The summed E-state index contributed by atoms with van der Waals surface area (Å²) in [6.07, 6.45) is 2.41. The van der Waals surface area contributed by atoms with Gasteiger partial charge in [-0.15, -0.1) is 0 Å². The third-order valence-electron chi connectivity index (χ3n) is 4.30. The maximum Gasteiger partial charge on any atom is 0.245 e. The molecule has 1 heterocycles. The minimum atomic E-state index is -3.96. The molecule has 1 aromatic heterocycles. The van der Waals surface area contributed by atoms with Gasteiger partial charge >= 0.3 is 0 Å². The number of furan rings is 1. The minimum Gasteiger partial charge on any atom is -0.468 e. The van der Waals surface area contributed by atoms with Crippen molar-refractivity contribution in [2.75, 3.05) is 0 Å². The molecule has 28 heavy (non-hydrogen) atoms. The van der Waals surface area contributed by atoms with E-state index in [1.165, 1.54) is 28.3 Å². The van der Waals surface area contributed by atoms with Crippen molar-refractivity contribution in [2.45, 2.75) is 31.3 Å². The second-order valence-electron chi connectivity index (χ2n) is 6.22. The number of nitrogens with zero attached hydrogens (tertiary/aromatic N) is 1. The topological polar surface area (TPSA) is 50.5 Å². The summed E-state index contributed by atoms with van der Waals surface area (Å²) in [4.78, 5) is -0.0969. The SMILES string of the molecule is CCc1ccc(CN(Cc2ccco2)S(=O)(=O)c2cc(Cl)c(Cl)cc2Cl)cc1. The molecule has 0 spiro atoms. The van der Waals surface area contributed by atoms with Gasteiger partial charge in [0.15, 0.2) is 0 Å². The van der Waals surface area contributed by atoms with Crippen LogP contribution in [-0.4, -0.2) is 12.7 Å². The van der Waals surface area contributed by atoms with Gasteiger partial charge in [-0.1, -0.05) is 66.0 Å². The van der Waals surface area contributed by atoms with Gasteiger partial charge in [0, 0.05) is 6.54 Å². The van der Waals surface area contributed by atoms with Gasteiger partial charge in [-0.2, -0.15) is 4.31 Å². The van der Waals surface area contributed by atoms with Crippen LogP contribution in [0.3, 0.4) is 0 Å². The van der Waals surface area contributed by atoms with E-state index in [9.17, 15) is 8.42 Å². The number of halogens is 3. The first-order chi connectivity index (χ1) is 13.3. The van der Waals surface area contributed by atoms with Crippen LogP contribution in [0.2, 0.25) is 15.1 Å². The first-order valence-corrected chi connectivity index (χ1v) is 11.1. The Morgan fingerprint density at radius 2 is 1.54 bits per heavy atom. The van der Waals surface area contributed by atoms with Crippen molar-refractivity contribution >= 4 is 44.8 Å². The molecular formula is C20H18Cl3NO3S. The third-order valence-corrected chi connectivity index (χ3v) is 7.27. The lowest BCUT2D eigenvalue weighted by Crippen LogP contribution is -2.30. The Labute approximate surface area is 179 Å². The lowest BCUT2D eigenvalue weighted by molar-refractivity contribution is 0.358. The van der Waals surface area contributed by atoms with E-state index in [1.54, 1.807) is 12.1 Å². The lowest BCUT2D eigenvalue weighted by Gasteiger charge is -2.22. The van der Waals surface area contributed by atoms with E-state index < -0.39 is 10.0 Å². The lowest BCUT2D eigenvalue weighted by atomic mass is 10.1. The van der Waals surface area contributed by atoms with E-state index in [-0.39, 0.29) is 33.1 Å². The summed E-state index contributed by atoms with van der Waals surface area (Å²) in [5.41, 5.74) is 2.03. The van der Waals surface area contributed by atoms with E-state index in [0.29, 0.717) is 5.76 Å². The predicted molar refractivity (Wildman–Crippen MR) is 112 cm³/mol. The summed E-state index contributed by atoms with van der Waals surface area (Å²) < 4.78 is 33.4. The molecule has 8 heteroatoms. The number of aryl methyl sites for hydroxylation is 1. The van der Waals surface area contributed by atoms with Gasteiger partial charge in [0.1, 0.15) is 10.7 Å². The van der Waals surface area contributed by atoms with Gasteiger partial charge < -0.3 is 4.42 Å². The van der Waals surface area contributed by atoms with Crippen LogP contribution in [0.25, 0.3) is 0 Å². The Morgan fingerprint density at radius 3 is 2.14 bits per heavy atom. The number of benzene rings is 2. The largest absolute Gasteiger partial charge is 0.468 e. The van der Waals surface area contributed by atoms with E-state index in [1.807, 2.05) is 24.3 Å². The molecule has 0 bridgehead atoms. The molecule has 0 aliphatic heterocycles. The number of hydrogen-bond donors (Lipinski definition) is 0. The molecular weight excluding hydrogens is 441 g/mol. The smallest absolute Gasteiger partial charge is 0.245 e. The van der Waals surface area contributed by atoms with Crippen molar-refractivity contribution in [2.24, 2.45) is 0 Å². The molecule has 0 radical (unpaired) electrons. The van der Waals surface area contributed by atoms with Gasteiger partial charge in [-0.25, -0.2) is 8.42 Å². The quantitative estimate of drug-likeness (QED) is 0.396. The van der Waals surface area contributed by atoms with Crippen LogP contribution in [-0.2, 0) is 29.5 Å². The summed E-state index contributed by atoms with van der Waals surface area (Å²) in [5, 5.41) is 0.327. The standard InChI is InChI=1S/C20H18Cl3NO3S/c1-2-14-5-7-15(8-6-14)12-24(13-16-4-3-9-27-16)28(25,26)20-11-18(22)17(21)10-19(20)23/h3-11H,2,12-13H2,1H3. The molecule has 4 nitrogen and oxygen atoms in total. The number of sulfonamides is 1. The normalized spacial score (nSPS) is 11.9. The van der Waals surface area contributed by atoms with Crippen LogP contribution in [0.4, 0.5) is 0 Å². The first-order valence-electron chi connectivity index (χ1n) is 8.56. The van der Waals surface area contributed by atoms with Crippen LogP contribution in [0.5, 0.6) is 0 Å². The molecule has 0 saturated heterocycles. The average Bonchev–Trinajstić information content (AvgIpc) is 3.18. The van der Waals surface area contributed by atoms with Crippen molar-refractivity contribution < 1.29 is 12.8 Å². The Hall–Kier alpha value is -1.50. The maximum absolute atomic E-state index is 13.4. The molecule has 0 amide bonds. The molecule has 0 N–H and O–H groups in total. The fraction of sp³-hybridized carbons (Fsp3) is 0.200. The van der Waals surface area contributed by atoms with Gasteiger partial charge in [-0.3, -0.25) is 0 Å². The van der Waals surface area contributed by atoms with Crippen molar-refractivity contribution in [1.29, 1.82) is 0 Å². The van der Waals surface area contributed by atoms with E-state index >= 15 is 0 Å². The molecule has 0 aliphatic rings. The second kappa shape index (κ2) is 8.89. The van der Waals surface area contributed by atoms with E-state index in [4.69, 9.17) is 39.2 Å². The maximum atomic E-state index is 13.4. The minimum absolute atomic E-state index is 0.0141. The third kappa shape index (κ3) is 4.73. The number of hydrogen-bond acceptors (Lipinski definition) is 3. The molecule has 0 saturated carbocycles. The van der Waals surface area contributed by atoms with Crippen LogP contribution >= 0.6 is 34.8 Å². The summed E-state index contributed by atoms with van der Waals surface area (Å²) in [5.74, 6) is 0.518.